The van der Waals surface area contributed by atoms with Gasteiger partial charge in [-0.3, -0.25) is 9.59 Å². The second-order valence-corrected chi connectivity index (χ2v) is 7.82. The highest BCUT2D eigenvalue weighted by molar-refractivity contribution is 6.34. The second-order valence-electron chi connectivity index (χ2n) is 7.82. The lowest BCUT2D eigenvalue weighted by molar-refractivity contribution is -0.117. The van der Waals surface area contributed by atoms with Crippen LogP contribution >= 0.6 is 0 Å². The lowest BCUT2D eigenvalue weighted by Crippen LogP contribution is -2.29. The summed E-state index contributed by atoms with van der Waals surface area (Å²) in [7, 11) is 3.83. The van der Waals surface area contributed by atoms with Crippen molar-refractivity contribution in [3.8, 4) is 0 Å². The van der Waals surface area contributed by atoms with Crippen molar-refractivity contribution in [1.29, 1.82) is 0 Å². The first-order valence-electron chi connectivity index (χ1n) is 11.7. The number of likely N-dealkylation sites (N-methyl/N-ethyl adjacent to an activating group) is 2. The molecule has 1 aromatic carbocycles. The van der Waals surface area contributed by atoms with Crippen molar-refractivity contribution < 1.29 is 19.1 Å². The average Bonchev–Trinajstić information content (AvgIpc) is 3.33. The van der Waals surface area contributed by atoms with Crippen LogP contribution in [0.2, 0.25) is 0 Å². The molecule has 0 aliphatic carbocycles. The number of aliphatic hydroxyl groups excluding tert-OH is 1. The van der Waals surface area contributed by atoms with Crippen molar-refractivity contribution in [2.24, 2.45) is 0 Å². The molecule has 2 aromatic rings. The highest BCUT2D eigenvalue weighted by atomic mass is 19.1. The van der Waals surface area contributed by atoms with Crippen LogP contribution in [0.1, 0.15) is 55.8 Å². The van der Waals surface area contributed by atoms with E-state index in [1.54, 1.807) is 24.1 Å². The Labute approximate surface area is 202 Å². The van der Waals surface area contributed by atoms with E-state index < -0.39 is 0 Å². The summed E-state index contributed by atoms with van der Waals surface area (Å²) in [5.41, 5.74) is 5.01. The zero-order chi connectivity index (χ0) is 25.8. The summed E-state index contributed by atoms with van der Waals surface area (Å²) in [4.78, 5) is 29.3. The molecule has 0 unspecified atom stereocenters. The molecule has 0 radical (unpaired) electrons. The zero-order valence-electron chi connectivity index (χ0n) is 21.5. The summed E-state index contributed by atoms with van der Waals surface area (Å²) < 4.78 is 13.5. The number of hydrogen-bond donors (Lipinski definition) is 3. The fraction of sp³-hybridized carbons (Fsp3) is 0.462. The van der Waals surface area contributed by atoms with Crippen molar-refractivity contribution in [2.75, 3.05) is 39.0 Å². The summed E-state index contributed by atoms with van der Waals surface area (Å²) in [6.45, 7) is 12.7. The molecule has 8 heteroatoms. The van der Waals surface area contributed by atoms with E-state index in [9.17, 15) is 19.1 Å². The van der Waals surface area contributed by atoms with Crippen LogP contribution in [-0.4, -0.2) is 65.9 Å². The fourth-order valence-corrected chi connectivity index (χ4v) is 3.38. The van der Waals surface area contributed by atoms with Gasteiger partial charge in [-0.05, 0) is 56.8 Å². The molecular formula is C26H39FN4O3. The van der Waals surface area contributed by atoms with Gasteiger partial charge in [0.1, 0.15) is 5.82 Å². The smallest absolute Gasteiger partial charge is 0.256 e. The van der Waals surface area contributed by atoms with Gasteiger partial charge in [0.05, 0.1) is 12.2 Å². The minimum atomic E-state index is -0.388. The Kier molecular flexibility index (Phi) is 12.2. The molecule has 2 amide bonds. The van der Waals surface area contributed by atoms with Gasteiger partial charge in [0.25, 0.3) is 5.91 Å². The zero-order valence-corrected chi connectivity index (χ0v) is 21.5. The molecule has 188 valence electrons. The normalized spacial score (nSPS) is 13.0. The molecule has 0 atom stereocenters. The van der Waals surface area contributed by atoms with Crippen molar-refractivity contribution in [2.45, 2.75) is 47.6 Å². The molecule has 0 saturated carbocycles. The minimum absolute atomic E-state index is 0.112. The maximum atomic E-state index is 13.5. The van der Waals surface area contributed by atoms with Crippen LogP contribution in [0.3, 0.4) is 0 Å². The second kappa shape index (κ2) is 14.3. The van der Waals surface area contributed by atoms with E-state index in [4.69, 9.17) is 0 Å². The number of aromatic amines is 1. The third-order valence-electron chi connectivity index (χ3n) is 5.64. The van der Waals surface area contributed by atoms with E-state index in [-0.39, 0.29) is 18.3 Å². The standard InChI is InChI=1S/C17H17FN2O2.C7H16N2O.C2H6/c1-3-14-9(2)13(8-21)16(19-14)7-12-11-6-10(18)4-5-15(11)20-17(12)22;1-4-8(2)5-6-9(3)7-10;1-2/h4-7,19,21H,3,8H2,1-2H3,(H,20,22);7H,4-6H2,1-3H3;1-2H3/b12-7-;;. The van der Waals surface area contributed by atoms with E-state index in [1.165, 1.54) is 12.1 Å². The van der Waals surface area contributed by atoms with Gasteiger partial charge in [0.2, 0.25) is 6.41 Å². The fourth-order valence-electron chi connectivity index (χ4n) is 3.38. The van der Waals surface area contributed by atoms with Crippen molar-refractivity contribution in [1.82, 2.24) is 14.8 Å². The third-order valence-corrected chi connectivity index (χ3v) is 5.64. The molecule has 1 aromatic heterocycles. The number of rotatable bonds is 8. The number of nitrogens with one attached hydrogen (secondary N) is 2. The molecular weight excluding hydrogens is 435 g/mol. The van der Waals surface area contributed by atoms with Crippen LogP contribution in [0.25, 0.3) is 11.6 Å². The number of carbonyl (C=O) groups is 2. The number of H-pyrrole nitrogens is 1. The number of anilines is 1. The Hall–Kier alpha value is -2.97. The molecule has 7 nitrogen and oxygen atoms in total. The van der Waals surface area contributed by atoms with E-state index in [0.29, 0.717) is 22.5 Å². The Morgan fingerprint density at radius 3 is 2.38 bits per heavy atom. The van der Waals surface area contributed by atoms with Crippen molar-refractivity contribution in [3.05, 3.63) is 52.1 Å². The number of amides is 2. The van der Waals surface area contributed by atoms with Crippen LogP contribution in [-0.2, 0) is 22.6 Å². The summed E-state index contributed by atoms with van der Waals surface area (Å²) in [5.74, 6) is -0.657. The van der Waals surface area contributed by atoms with Gasteiger partial charge in [0, 0.05) is 48.3 Å². The molecule has 3 N–H and O–H groups in total. The van der Waals surface area contributed by atoms with Gasteiger partial charge >= 0.3 is 0 Å². The average molecular weight is 475 g/mol. The molecule has 2 heterocycles. The molecule has 34 heavy (non-hydrogen) atoms. The van der Waals surface area contributed by atoms with Gasteiger partial charge < -0.3 is 25.2 Å². The number of aliphatic hydroxyl groups is 1. The molecule has 1 aliphatic rings. The van der Waals surface area contributed by atoms with Gasteiger partial charge in [-0.25, -0.2) is 4.39 Å². The predicted octanol–water partition coefficient (Wildman–Crippen LogP) is 4.06. The minimum Gasteiger partial charge on any atom is -0.392 e. The lowest BCUT2D eigenvalue weighted by atomic mass is 10.0. The Morgan fingerprint density at radius 1 is 1.15 bits per heavy atom. The number of halogens is 1. The van der Waals surface area contributed by atoms with Crippen LogP contribution in [0.4, 0.5) is 10.1 Å². The highest BCUT2D eigenvalue weighted by Gasteiger charge is 2.25. The summed E-state index contributed by atoms with van der Waals surface area (Å²) in [5, 5.41) is 12.3. The quantitative estimate of drug-likeness (QED) is 0.398. The number of aromatic nitrogens is 1. The summed E-state index contributed by atoms with van der Waals surface area (Å²) in [6, 6.07) is 4.21. The Morgan fingerprint density at radius 2 is 1.82 bits per heavy atom. The third kappa shape index (κ3) is 7.53. The van der Waals surface area contributed by atoms with Gasteiger partial charge in [0.15, 0.2) is 0 Å². The Balaban J connectivity index is 0.000000409. The molecule has 0 spiro atoms. The largest absolute Gasteiger partial charge is 0.392 e. The Bertz CT molecular complexity index is 985. The van der Waals surface area contributed by atoms with Gasteiger partial charge in [-0.2, -0.15) is 0 Å². The van der Waals surface area contributed by atoms with Crippen LogP contribution in [0.5, 0.6) is 0 Å². The first kappa shape index (κ1) is 29.1. The number of hydrogen-bond acceptors (Lipinski definition) is 4. The molecule has 1 aliphatic heterocycles. The number of nitrogens with zero attached hydrogens (tertiary/aromatic N) is 2. The molecule has 3 rings (SSSR count). The molecule has 0 saturated heterocycles. The summed E-state index contributed by atoms with van der Waals surface area (Å²) >= 11 is 0. The number of benzene rings is 1. The predicted molar refractivity (Wildman–Crippen MR) is 137 cm³/mol. The number of fused-ring (bicyclic) bond motifs is 1. The number of carbonyl (C=O) groups excluding carboxylic acids is 2. The van der Waals surface area contributed by atoms with Crippen LogP contribution in [0, 0.1) is 12.7 Å². The van der Waals surface area contributed by atoms with E-state index >= 15 is 0 Å². The van der Waals surface area contributed by atoms with E-state index in [2.05, 4.69) is 22.1 Å². The van der Waals surface area contributed by atoms with Gasteiger partial charge in [-0.1, -0.05) is 27.7 Å². The molecule has 0 fully saturated rings. The van der Waals surface area contributed by atoms with E-state index in [1.807, 2.05) is 34.7 Å². The monoisotopic (exact) mass is 474 g/mol. The first-order valence-corrected chi connectivity index (χ1v) is 11.7. The summed E-state index contributed by atoms with van der Waals surface area (Å²) in [6.07, 6.45) is 3.33. The van der Waals surface area contributed by atoms with Crippen LogP contribution in [0.15, 0.2) is 18.2 Å². The maximum absolute atomic E-state index is 13.5. The number of aryl methyl sites for hydroxylation is 1. The van der Waals surface area contributed by atoms with E-state index in [0.717, 1.165) is 49.3 Å². The van der Waals surface area contributed by atoms with Crippen LogP contribution < -0.4 is 5.32 Å². The first-order chi connectivity index (χ1) is 16.2. The SMILES string of the molecule is CC.CCN(C)CCN(C)C=O.CCc1[nH]c(/C=C2\C(=O)Nc3ccc(F)cc32)c(CO)c1C. The van der Waals surface area contributed by atoms with Gasteiger partial charge in [-0.15, -0.1) is 0 Å². The topological polar surface area (TPSA) is 88.7 Å². The van der Waals surface area contributed by atoms with Crippen molar-refractivity contribution >= 4 is 29.7 Å². The lowest BCUT2D eigenvalue weighted by Gasteiger charge is -2.16. The maximum Gasteiger partial charge on any atom is 0.256 e. The highest BCUT2D eigenvalue weighted by Crippen LogP contribution is 2.34. The van der Waals surface area contributed by atoms with Crippen molar-refractivity contribution in [3.63, 3.8) is 0 Å². The molecule has 0 bridgehead atoms.